The van der Waals surface area contributed by atoms with Gasteiger partial charge in [0.05, 0.1) is 94.5 Å². The SMILES string of the molecule is CC(C)(C)OC(=O)N[C@H]1CCCCC/C=C\[C@@H]2C[C@@]2(C(=O)O)CC(=O)[C@@H]2CC(Oc3nc4cc(Cl)c(Cl)cc4nc3-c3cccs3)CN2C1=O.CCOC(=O)[C@]12CC(=O)[C@@H]3CC(Oc4nc5cc(Cl)c(Cl)cc5nc4-c4cccs4)CN3C(=O)[C@@H](NC(=O)OC(C)(C)C)CCCCC/C=C\[C@@H]1C2. The Balaban J connectivity index is 0.000000205. The molecular formula is C74H84Cl4N8O14S2. The molecule has 4 amide bonds. The van der Waals surface area contributed by atoms with Gasteiger partial charge in [-0.05, 0) is 159 Å². The van der Waals surface area contributed by atoms with Crippen LogP contribution in [0.4, 0.5) is 9.59 Å². The van der Waals surface area contributed by atoms with E-state index in [1.807, 2.05) is 53.3 Å². The van der Waals surface area contributed by atoms with Gasteiger partial charge in [0.15, 0.2) is 11.6 Å². The molecule has 544 valence electrons. The van der Waals surface area contributed by atoms with Crippen LogP contribution < -0.4 is 20.1 Å². The van der Waals surface area contributed by atoms with E-state index < -0.39 is 94.3 Å². The molecule has 6 aromatic rings. The van der Waals surface area contributed by atoms with E-state index in [0.717, 1.165) is 48.3 Å². The van der Waals surface area contributed by atoms with Gasteiger partial charge in [-0.25, -0.2) is 29.5 Å². The number of alkyl carbamates (subject to hydrolysis) is 2. The molecule has 0 radical (unpaired) electrons. The zero-order valence-corrected chi connectivity index (χ0v) is 62.6. The molecule has 2 aliphatic carbocycles. The van der Waals surface area contributed by atoms with Crippen molar-refractivity contribution < 1.29 is 67.1 Å². The van der Waals surface area contributed by atoms with Crippen molar-refractivity contribution >= 4 is 139 Å². The molecule has 0 bridgehead atoms. The van der Waals surface area contributed by atoms with Crippen LogP contribution in [0.1, 0.15) is 151 Å². The number of thiophene rings is 2. The average molecular weight is 1520 g/mol. The van der Waals surface area contributed by atoms with Gasteiger partial charge in [0.25, 0.3) is 0 Å². The van der Waals surface area contributed by atoms with Crippen molar-refractivity contribution in [2.75, 3.05) is 19.7 Å². The predicted molar refractivity (Wildman–Crippen MR) is 390 cm³/mol. The van der Waals surface area contributed by atoms with Crippen LogP contribution in [0, 0.1) is 22.7 Å². The van der Waals surface area contributed by atoms with Crippen molar-refractivity contribution in [2.45, 2.75) is 199 Å². The summed E-state index contributed by atoms with van der Waals surface area (Å²) in [5.41, 5.74) is -0.838. The summed E-state index contributed by atoms with van der Waals surface area (Å²) in [5, 5.41) is 20.9. The normalized spacial score (nSPS) is 26.4. The summed E-state index contributed by atoms with van der Waals surface area (Å²) in [4.78, 5) is 133. The molecule has 22 nitrogen and oxygen atoms in total. The van der Waals surface area contributed by atoms with Crippen molar-refractivity contribution in [1.29, 1.82) is 0 Å². The molecular weight excluding hydrogens is 1430 g/mol. The number of carbonyl (C=O) groups is 8. The molecule has 6 aliphatic rings. The number of carboxylic acid groups (broad SMARTS) is 1. The van der Waals surface area contributed by atoms with Crippen molar-refractivity contribution in [3.8, 4) is 32.9 Å². The van der Waals surface area contributed by atoms with Crippen molar-refractivity contribution in [2.24, 2.45) is 22.7 Å². The molecule has 4 aromatic heterocycles. The molecule has 2 saturated heterocycles. The molecule has 2 saturated carbocycles. The van der Waals surface area contributed by atoms with E-state index in [-0.39, 0.29) is 80.5 Å². The molecule has 8 heterocycles. The van der Waals surface area contributed by atoms with E-state index in [1.165, 1.54) is 32.5 Å². The maximum Gasteiger partial charge on any atom is 0.408 e. The fraction of sp³-hybridized carbons (Fsp3) is 0.514. The van der Waals surface area contributed by atoms with Gasteiger partial charge in [-0.1, -0.05) is 109 Å². The first-order valence-electron chi connectivity index (χ1n) is 34.7. The smallest absolute Gasteiger partial charge is 0.408 e. The summed E-state index contributed by atoms with van der Waals surface area (Å²) in [6.07, 6.45) is 12.9. The summed E-state index contributed by atoms with van der Waals surface area (Å²) in [5.74, 6) is -2.87. The first-order valence-corrected chi connectivity index (χ1v) is 37.9. The number of Topliss-reactive ketones (excluding diaryl/α,β-unsaturated/α-hetero) is 2. The second-order valence-corrected chi connectivity index (χ2v) is 32.5. The highest BCUT2D eigenvalue weighted by Crippen LogP contribution is 2.59. The Hall–Kier alpha value is -7.48. The minimum Gasteiger partial charge on any atom is -0.481 e. The van der Waals surface area contributed by atoms with E-state index >= 15 is 0 Å². The number of aromatic nitrogens is 4. The Labute approximate surface area is 619 Å². The first-order chi connectivity index (χ1) is 48.5. The molecule has 12 rings (SSSR count). The van der Waals surface area contributed by atoms with Crippen molar-refractivity contribution in [3.63, 3.8) is 0 Å². The predicted octanol–water partition coefficient (Wildman–Crippen LogP) is 15.4. The van der Waals surface area contributed by atoms with E-state index in [1.54, 1.807) is 72.7 Å². The lowest BCUT2D eigenvalue weighted by atomic mass is 9.91. The highest BCUT2D eigenvalue weighted by Gasteiger charge is 2.63. The number of allylic oxidation sites excluding steroid dienone is 4. The number of nitrogens with zero attached hydrogens (tertiary/aromatic N) is 6. The van der Waals surface area contributed by atoms with Gasteiger partial charge in [0, 0.05) is 25.7 Å². The van der Waals surface area contributed by atoms with Crippen LogP contribution in [0.15, 0.2) is 83.6 Å². The zero-order valence-electron chi connectivity index (χ0n) is 57.9. The number of carboxylic acids is 1. The second-order valence-electron chi connectivity index (χ2n) is 29.0. The molecule has 102 heavy (non-hydrogen) atoms. The van der Waals surface area contributed by atoms with Crippen molar-refractivity contribution in [3.05, 3.63) is 104 Å². The lowest BCUT2D eigenvalue weighted by molar-refractivity contribution is -0.152. The molecule has 10 atom stereocenters. The highest BCUT2D eigenvalue weighted by molar-refractivity contribution is 7.13. The maximum absolute atomic E-state index is 14.5. The number of rotatable bonds is 11. The minimum atomic E-state index is -1.22. The number of amides is 4. The Morgan fingerprint density at radius 2 is 0.990 bits per heavy atom. The van der Waals surface area contributed by atoms with E-state index in [9.17, 15) is 43.5 Å². The van der Waals surface area contributed by atoms with Crippen LogP contribution in [0.2, 0.25) is 20.1 Å². The van der Waals surface area contributed by atoms with E-state index in [2.05, 4.69) is 16.7 Å². The van der Waals surface area contributed by atoms with Crippen LogP contribution in [0.3, 0.4) is 0 Å². The summed E-state index contributed by atoms with van der Waals surface area (Å²) in [6.45, 7) is 12.5. The van der Waals surface area contributed by atoms with Gasteiger partial charge in [0.2, 0.25) is 23.6 Å². The molecule has 4 fully saturated rings. The first kappa shape index (κ1) is 75.7. The molecule has 4 aliphatic heterocycles. The van der Waals surface area contributed by atoms with E-state index in [4.69, 9.17) is 90.0 Å². The van der Waals surface area contributed by atoms with Gasteiger partial charge in [0.1, 0.15) is 46.9 Å². The van der Waals surface area contributed by atoms with Gasteiger partial charge >= 0.3 is 24.1 Å². The van der Waals surface area contributed by atoms with E-state index in [0.29, 0.717) is 92.1 Å². The Morgan fingerprint density at radius 1 is 0.588 bits per heavy atom. The lowest BCUT2D eigenvalue weighted by Crippen LogP contribution is -2.52. The number of nitrogens with one attached hydrogen (secondary N) is 2. The van der Waals surface area contributed by atoms with Gasteiger partial charge in [-0.15, -0.1) is 22.7 Å². The molecule has 2 aromatic carbocycles. The number of aliphatic carboxylic acids is 1. The minimum absolute atomic E-state index is 0.0100. The third-order valence-electron chi connectivity index (χ3n) is 19.0. The number of ketones is 2. The molecule has 3 N–H and O–H groups in total. The van der Waals surface area contributed by atoms with Crippen LogP contribution in [0.5, 0.6) is 11.8 Å². The summed E-state index contributed by atoms with van der Waals surface area (Å²) >= 11 is 28.1. The van der Waals surface area contributed by atoms with Crippen molar-refractivity contribution in [1.82, 2.24) is 40.4 Å². The monoisotopic (exact) mass is 1510 g/mol. The van der Waals surface area contributed by atoms with Gasteiger partial charge < -0.3 is 49.2 Å². The lowest BCUT2D eigenvalue weighted by Gasteiger charge is -2.30. The third kappa shape index (κ3) is 18.0. The van der Waals surface area contributed by atoms with Gasteiger partial charge in [-0.3, -0.25) is 28.8 Å². The standard InChI is InChI=1S/C38H44Cl2N4O7S.C36H40Cl2N4O7S/c1-5-49-35(47)38-19-22(38)12-9-7-6-8-10-13-26(43-36(48)51-37(2,3)4)34(46)44-21-23(16-29(44)30(45)20-38)50-33-32(31-14-11-15-52-31)41-27-17-24(39)25(40)18-28(27)42-33;1-35(2,3)49-34(47)41-24-11-8-6-4-5-7-10-20-17-36(20,33(45)46)18-28(43)27-14-21(19-42(27)32(24)44)48-31-30(29-12-9-13-50-29)39-25-15-22(37)23(38)16-26(25)40-31/h9,11-12,14-15,17-18,22-23,26,29H,5-8,10,13,16,19-21H2,1-4H3,(H,43,48);7,9-10,12-13,15-16,20-21,24,27H,4-6,8,11,14,17-19H2,1-3H3,(H,41,47)(H,45,46)/b12-9-;10-7-/t22-,23?,26+,29+,38-;20-,21?,24+,27+,36-/m11/s1. The topological polar surface area (TPSA) is 285 Å². The Morgan fingerprint density at radius 3 is 1.38 bits per heavy atom. The number of benzene rings is 2. The Kier molecular flexibility index (Phi) is 23.6. The van der Waals surface area contributed by atoms with Crippen LogP contribution in [-0.2, 0) is 43.0 Å². The zero-order chi connectivity index (χ0) is 73.0. The molecule has 28 heteroatoms. The number of halogens is 4. The number of carbonyl (C=O) groups excluding carboxylic acids is 7. The fourth-order valence-corrected chi connectivity index (χ4v) is 15.9. The molecule has 0 spiro atoms. The van der Waals surface area contributed by atoms with Crippen LogP contribution >= 0.6 is 69.1 Å². The number of fused-ring (bicyclic) bond motifs is 6. The number of ether oxygens (including phenoxy) is 5. The number of hydrogen-bond donors (Lipinski definition) is 3. The quantitative estimate of drug-likeness (QED) is 0.0617. The number of esters is 1. The maximum atomic E-state index is 14.5. The second kappa shape index (κ2) is 31.9. The summed E-state index contributed by atoms with van der Waals surface area (Å²) in [6, 6.07) is 10.3. The largest absolute Gasteiger partial charge is 0.481 e. The van der Waals surface area contributed by atoms with Crippen LogP contribution in [-0.4, -0.2) is 150 Å². The van der Waals surface area contributed by atoms with Gasteiger partial charge in [-0.2, -0.15) is 0 Å². The number of hydrogen-bond acceptors (Lipinski definition) is 19. The average Bonchev–Trinajstić information content (AvgIpc) is 1.58. The molecule has 2 unspecified atom stereocenters. The summed E-state index contributed by atoms with van der Waals surface area (Å²) < 4.78 is 29.6. The summed E-state index contributed by atoms with van der Waals surface area (Å²) in [7, 11) is 0. The highest BCUT2D eigenvalue weighted by atomic mass is 35.5. The Bertz CT molecular complexity index is 4220. The van der Waals surface area contributed by atoms with Crippen LogP contribution in [0.25, 0.3) is 43.2 Å². The third-order valence-corrected chi connectivity index (χ3v) is 22.2. The fourth-order valence-electron chi connectivity index (χ4n) is 13.8.